The van der Waals surface area contributed by atoms with Crippen LogP contribution in [0.2, 0.25) is 10.0 Å². The molecule has 0 unspecified atom stereocenters. The summed E-state index contributed by atoms with van der Waals surface area (Å²) in [6.07, 6.45) is 0.337. The summed E-state index contributed by atoms with van der Waals surface area (Å²) >= 11 is 11.6. The summed E-state index contributed by atoms with van der Waals surface area (Å²) in [7, 11) is 0. The summed E-state index contributed by atoms with van der Waals surface area (Å²) in [5.41, 5.74) is 0.465. The monoisotopic (exact) mass is 242 g/mol. The molecule has 0 aliphatic rings. The Kier molecular flexibility index (Phi) is 4.41. The average Bonchev–Trinajstić information content (AvgIpc) is 2.22. The van der Waals surface area contributed by atoms with E-state index >= 15 is 0 Å². The molecule has 5 heteroatoms. The van der Waals surface area contributed by atoms with Gasteiger partial charge >= 0.3 is 0 Å². The number of carbonyl (C=O) groups is 1. The van der Waals surface area contributed by atoms with Crippen LogP contribution in [0.4, 0.5) is 5.69 Å². The number of nitrogens with one attached hydrogen (secondary N) is 1. The van der Waals surface area contributed by atoms with Gasteiger partial charge in [0, 0.05) is 12.8 Å². The van der Waals surface area contributed by atoms with Crippen molar-refractivity contribution in [1.82, 2.24) is 0 Å². The van der Waals surface area contributed by atoms with Crippen molar-refractivity contribution in [3.05, 3.63) is 28.2 Å². The Bertz CT molecular complexity index is 412. The molecule has 3 nitrogen and oxygen atoms in total. The van der Waals surface area contributed by atoms with Gasteiger partial charge in [-0.2, -0.15) is 5.26 Å². The van der Waals surface area contributed by atoms with E-state index in [0.717, 1.165) is 0 Å². The molecule has 0 saturated heterocycles. The van der Waals surface area contributed by atoms with Gasteiger partial charge in [0.25, 0.3) is 0 Å². The van der Waals surface area contributed by atoms with Crippen LogP contribution in [0.5, 0.6) is 0 Å². The van der Waals surface area contributed by atoms with Crippen molar-refractivity contribution in [2.24, 2.45) is 0 Å². The van der Waals surface area contributed by atoms with Crippen molar-refractivity contribution in [2.45, 2.75) is 12.8 Å². The van der Waals surface area contributed by atoms with Crippen molar-refractivity contribution < 1.29 is 4.79 Å². The highest BCUT2D eigenvalue weighted by atomic mass is 35.5. The largest absolute Gasteiger partial charge is 0.325 e. The van der Waals surface area contributed by atoms with Gasteiger partial charge in [0.1, 0.15) is 0 Å². The van der Waals surface area contributed by atoms with Gasteiger partial charge in [0.2, 0.25) is 5.91 Å². The van der Waals surface area contributed by atoms with Gasteiger partial charge in [-0.3, -0.25) is 4.79 Å². The summed E-state index contributed by atoms with van der Waals surface area (Å²) in [5.74, 6) is -0.249. The standard InChI is InChI=1S/C10H8Cl2N2O/c11-7-3-1-4-8(10(7)12)14-9(15)5-2-6-13/h1,3-4H,2,5H2,(H,14,15). The first-order chi connectivity index (χ1) is 7.15. The van der Waals surface area contributed by atoms with Crippen LogP contribution in [-0.4, -0.2) is 5.91 Å². The first-order valence-corrected chi connectivity index (χ1v) is 5.01. The highest BCUT2D eigenvalue weighted by Gasteiger charge is 2.07. The van der Waals surface area contributed by atoms with E-state index in [4.69, 9.17) is 28.5 Å². The lowest BCUT2D eigenvalue weighted by molar-refractivity contribution is -0.116. The number of carbonyl (C=O) groups excluding carboxylic acids is 1. The zero-order valence-corrected chi connectivity index (χ0v) is 9.27. The lowest BCUT2D eigenvalue weighted by atomic mass is 10.3. The zero-order valence-electron chi connectivity index (χ0n) is 7.76. The predicted octanol–water partition coefficient (Wildman–Crippen LogP) is 3.24. The second kappa shape index (κ2) is 5.59. The quantitative estimate of drug-likeness (QED) is 0.885. The molecule has 0 fully saturated rings. The summed E-state index contributed by atoms with van der Waals surface area (Å²) in [5, 5.41) is 11.6. The van der Waals surface area contributed by atoms with Crippen LogP contribution in [0.25, 0.3) is 0 Å². The molecule has 0 radical (unpaired) electrons. The van der Waals surface area contributed by atoms with Gasteiger partial charge in [-0.25, -0.2) is 0 Å². The minimum Gasteiger partial charge on any atom is -0.325 e. The Morgan fingerprint density at radius 1 is 1.47 bits per heavy atom. The van der Waals surface area contributed by atoms with Gasteiger partial charge < -0.3 is 5.32 Å². The average molecular weight is 243 g/mol. The second-order valence-electron chi connectivity index (χ2n) is 2.81. The Morgan fingerprint density at radius 2 is 2.20 bits per heavy atom. The second-order valence-corrected chi connectivity index (χ2v) is 3.59. The number of amides is 1. The molecule has 1 aromatic carbocycles. The van der Waals surface area contributed by atoms with Crippen molar-refractivity contribution in [3.8, 4) is 6.07 Å². The Balaban J connectivity index is 2.69. The molecule has 0 aliphatic heterocycles. The van der Waals surface area contributed by atoms with E-state index in [1.807, 2.05) is 6.07 Å². The van der Waals surface area contributed by atoms with Gasteiger partial charge in [-0.1, -0.05) is 29.3 Å². The topological polar surface area (TPSA) is 52.9 Å². The fourth-order valence-corrected chi connectivity index (χ4v) is 1.33. The molecule has 0 bridgehead atoms. The molecule has 78 valence electrons. The first-order valence-electron chi connectivity index (χ1n) is 4.26. The van der Waals surface area contributed by atoms with Gasteiger partial charge in [0.15, 0.2) is 0 Å². The molecule has 1 rings (SSSR count). The number of rotatable bonds is 3. The lowest BCUT2D eigenvalue weighted by Crippen LogP contribution is -2.11. The zero-order chi connectivity index (χ0) is 11.3. The van der Waals surface area contributed by atoms with E-state index < -0.39 is 0 Å². The predicted molar refractivity (Wildman–Crippen MR) is 59.9 cm³/mol. The highest BCUT2D eigenvalue weighted by molar-refractivity contribution is 6.43. The van der Waals surface area contributed by atoms with E-state index in [9.17, 15) is 4.79 Å². The van der Waals surface area contributed by atoms with Crippen molar-refractivity contribution in [3.63, 3.8) is 0 Å². The van der Waals surface area contributed by atoms with E-state index in [0.29, 0.717) is 15.7 Å². The number of hydrogen-bond donors (Lipinski definition) is 1. The third kappa shape index (κ3) is 3.43. The number of nitriles is 1. The van der Waals surface area contributed by atoms with E-state index in [2.05, 4.69) is 5.32 Å². The van der Waals surface area contributed by atoms with E-state index in [1.54, 1.807) is 18.2 Å². The Morgan fingerprint density at radius 3 is 2.87 bits per heavy atom. The van der Waals surface area contributed by atoms with Crippen LogP contribution < -0.4 is 5.32 Å². The highest BCUT2D eigenvalue weighted by Crippen LogP contribution is 2.29. The molecule has 0 heterocycles. The molecule has 0 aliphatic carbocycles. The maximum atomic E-state index is 11.3. The molecule has 0 saturated carbocycles. The molecular weight excluding hydrogens is 235 g/mol. The summed E-state index contributed by atoms with van der Waals surface area (Å²) in [4.78, 5) is 11.3. The molecule has 1 N–H and O–H groups in total. The normalized spacial score (nSPS) is 9.40. The number of halogens is 2. The molecule has 0 spiro atoms. The molecular formula is C10H8Cl2N2O. The van der Waals surface area contributed by atoms with Crippen LogP contribution in [0.3, 0.4) is 0 Å². The molecule has 1 aromatic rings. The van der Waals surface area contributed by atoms with E-state index in [1.165, 1.54) is 0 Å². The van der Waals surface area contributed by atoms with Gasteiger partial charge in [0.05, 0.1) is 21.8 Å². The number of anilines is 1. The minimum atomic E-state index is -0.249. The fourth-order valence-electron chi connectivity index (χ4n) is 0.982. The Labute approximate surface area is 97.6 Å². The number of hydrogen-bond acceptors (Lipinski definition) is 2. The van der Waals surface area contributed by atoms with Gasteiger partial charge in [-0.05, 0) is 12.1 Å². The van der Waals surface area contributed by atoms with Crippen LogP contribution in [-0.2, 0) is 4.79 Å². The summed E-state index contributed by atoms with van der Waals surface area (Å²) in [6.45, 7) is 0. The SMILES string of the molecule is N#CCCC(=O)Nc1cccc(Cl)c1Cl. The third-order valence-corrected chi connectivity index (χ3v) is 2.51. The van der Waals surface area contributed by atoms with Crippen LogP contribution in [0, 0.1) is 11.3 Å². The molecule has 0 aromatic heterocycles. The molecule has 0 atom stereocenters. The smallest absolute Gasteiger partial charge is 0.225 e. The van der Waals surface area contributed by atoms with E-state index in [-0.39, 0.29) is 18.7 Å². The van der Waals surface area contributed by atoms with Crippen LogP contribution >= 0.6 is 23.2 Å². The maximum absolute atomic E-state index is 11.3. The van der Waals surface area contributed by atoms with Crippen molar-refractivity contribution in [1.29, 1.82) is 5.26 Å². The van der Waals surface area contributed by atoms with Gasteiger partial charge in [-0.15, -0.1) is 0 Å². The number of nitrogens with zero attached hydrogens (tertiary/aromatic N) is 1. The first kappa shape index (κ1) is 11.8. The maximum Gasteiger partial charge on any atom is 0.225 e. The fraction of sp³-hybridized carbons (Fsp3) is 0.200. The van der Waals surface area contributed by atoms with Crippen LogP contribution in [0.1, 0.15) is 12.8 Å². The Hall–Kier alpha value is -1.24. The molecule has 15 heavy (non-hydrogen) atoms. The molecule has 1 amide bonds. The lowest BCUT2D eigenvalue weighted by Gasteiger charge is -2.06. The number of benzene rings is 1. The third-order valence-electron chi connectivity index (χ3n) is 1.69. The van der Waals surface area contributed by atoms with Crippen molar-refractivity contribution >= 4 is 34.8 Å². The minimum absolute atomic E-state index is 0.152. The van der Waals surface area contributed by atoms with Crippen molar-refractivity contribution in [2.75, 3.05) is 5.32 Å². The summed E-state index contributed by atoms with van der Waals surface area (Å²) < 4.78 is 0. The summed E-state index contributed by atoms with van der Waals surface area (Å²) in [6, 6.07) is 6.86. The van der Waals surface area contributed by atoms with Crippen LogP contribution in [0.15, 0.2) is 18.2 Å².